The lowest BCUT2D eigenvalue weighted by Crippen LogP contribution is -2.32. The average molecular weight is 380 g/mol. The number of furan rings is 1. The maximum Gasteiger partial charge on any atom is 0.307 e. The molecule has 0 aliphatic heterocycles. The Kier molecular flexibility index (Phi) is 6.40. The van der Waals surface area contributed by atoms with E-state index in [0.717, 1.165) is 4.47 Å². The van der Waals surface area contributed by atoms with Crippen molar-refractivity contribution in [3.05, 3.63) is 58.5 Å². The third kappa shape index (κ3) is 5.25. The van der Waals surface area contributed by atoms with Crippen LogP contribution < -0.4 is 0 Å². The zero-order valence-electron chi connectivity index (χ0n) is 12.8. The maximum absolute atomic E-state index is 12.7. The number of benzene rings is 1. The minimum absolute atomic E-state index is 0.147. The highest BCUT2D eigenvalue weighted by atomic mass is 79.9. The van der Waals surface area contributed by atoms with Crippen LogP contribution in [0.15, 0.2) is 51.6 Å². The first kappa shape index (κ1) is 17.3. The molecule has 0 aliphatic carbocycles. The monoisotopic (exact) mass is 379 g/mol. The number of hydrogen-bond acceptors (Lipinski definition) is 4. The van der Waals surface area contributed by atoms with Crippen LogP contribution in [0.1, 0.15) is 29.5 Å². The van der Waals surface area contributed by atoms with Crippen LogP contribution in [0.5, 0.6) is 0 Å². The van der Waals surface area contributed by atoms with Crippen molar-refractivity contribution in [1.82, 2.24) is 4.90 Å². The van der Waals surface area contributed by atoms with Gasteiger partial charge in [-0.3, -0.25) is 9.59 Å². The van der Waals surface area contributed by atoms with E-state index in [1.54, 1.807) is 48.4 Å². The largest absolute Gasteiger partial charge is 0.467 e. The fraction of sp³-hybridized carbons (Fsp3) is 0.294. The first-order valence-corrected chi connectivity index (χ1v) is 8.12. The number of hydrogen-bond donors (Lipinski definition) is 0. The summed E-state index contributed by atoms with van der Waals surface area (Å²) in [7, 11) is 0. The molecule has 6 heteroatoms. The maximum atomic E-state index is 12.7. The van der Waals surface area contributed by atoms with Gasteiger partial charge in [0, 0.05) is 16.6 Å². The third-order valence-corrected chi connectivity index (χ3v) is 3.67. The van der Waals surface area contributed by atoms with E-state index < -0.39 is 0 Å². The van der Waals surface area contributed by atoms with Gasteiger partial charge in [0.05, 0.1) is 25.8 Å². The number of carbonyl (C=O) groups is 2. The van der Waals surface area contributed by atoms with E-state index in [4.69, 9.17) is 9.15 Å². The minimum Gasteiger partial charge on any atom is -0.467 e. The van der Waals surface area contributed by atoms with E-state index in [2.05, 4.69) is 15.9 Å². The zero-order chi connectivity index (χ0) is 16.7. The van der Waals surface area contributed by atoms with Crippen molar-refractivity contribution in [3.63, 3.8) is 0 Å². The van der Waals surface area contributed by atoms with E-state index in [0.29, 0.717) is 24.5 Å². The van der Waals surface area contributed by atoms with Crippen molar-refractivity contribution in [3.8, 4) is 0 Å². The third-order valence-electron chi connectivity index (χ3n) is 3.18. The van der Waals surface area contributed by atoms with Crippen molar-refractivity contribution >= 4 is 27.8 Å². The van der Waals surface area contributed by atoms with Crippen molar-refractivity contribution in [2.45, 2.75) is 19.9 Å². The number of nitrogens with zero attached hydrogens (tertiary/aromatic N) is 1. The average Bonchev–Trinajstić information content (AvgIpc) is 3.04. The van der Waals surface area contributed by atoms with Gasteiger partial charge in [0.25, 0.3) is 5.91 Å². The number of ether oxygens (including phenoxy) is 1. The zero-order valence-corrected chi connectivity index (χ0v) is 14.4. The summed E-state index contributed by atoms with van der Waals surface area (Å²) in [5.41, 5.74) is 0.551. The molecule has 0 atom stereocenters. The number of rotatable bonds is 7. The molecular formula is C17H18BrNO4. The highest BCUT2D eigenvalue weighted by Crippen LogP contribution is 2.16. The molecule has 5 nitrogen and oxygen atoms in total. The predicted molar refractivity (Wildman–Crippen MR) is 88.8 cm³/mol. The quantitative estimate of drug-likeness (QED) is 0.689. The molecule has 0 aliphatic rings. The summed E-state index contributed by atoms with van der Waals surface area (Å²) in [6, 6.07) is 10.7. The van der Waals surface area contributed by atoms with Gasteiger partial charge < -0.3 is 14.1 Å². The molecule has 0 spiro atoms. The molecule has 0 radical (unpaired) electrons. The lowest BCUT2D eigenvalue weighted by Gasteiger charge is -2.21. The Balaban J connectivity index is 2.11. The van der Waals surface area contributed by atoms with Gasteiger partial charge in [-0.15, -0.1) is 0 Å². The number of halogens is 1. The summed E-state index contributed by atoms with van der Waals surface area (Å²) in [4.78, 5) is 25.9. The summed E-state index contributed by atoms with van der Waals surface area (Å²) in [6.45, 7) is 2.66. The van der Waals surface area contributed by atoms with E-state index in [-0.39, 0.29) is 24.8 Å². The van der Waals surface area contributed by atoms with Crippen LogP contribution in [0.25, 0.3) is 0 Å². The summed E-state index contributed by atoms with van der Waals surface area (Å²) in [5, 5.41) is 0. The van der Waals surface area contributed by atoms with Gasteiger partial charge in [-0.1, -0.05) is 22.0 Å². The topological polar surface area (TPSA) is 59.8 Å². The Morgan fingerprint density at radius 3 is 2.74 bits per heavy atom. The van der Waals surface area contributed by atoms with Crippen LogP contribution in [-0.4, -0.2) is 29.9 Å². The first-order chi connectivity index (χ1) is 11.1. The van der Waals surface area contributed by atoms with Crippen LogP contribution in [0.3, 0.4) is 0 Å². The molecule has 122 valence electrons. The summed E-state index contributed by atoms with van der Waals surface area (Å²) in [5.74, 6) is 0.184. The van der Waals surface area contributed by atoms with Gasteiger partial charge in [0.15, 0.2) is 0 Å². The fourth-order valence-corrected chi connectivity index (χ4v) is 2.51. The Morgan fingerprint density at radius 1 is 1.26 bits per heavy atom. The van der Waals surface area contributed by atoms with Crippen LogP contribution in [0, 0.1) is 0 Å². The molecule has 0 saturated carbocycles. The van der Waals surface area contributed by atoms with Crippen molar-refractivity contribution in [2.75, 3.05) is 13.2 Å². The molecule has 2 aromatic rings. The molecule has 1 aromatic carbocycles. The second-order valence-corrected chi connectivity index (χ2v) is 5.79. The van der Waals surface area contributed by atoms with Gasteiger partial charge >= 0.3 is 5.97 Å². The van der Waals surface area contributed by atoms with E-state index in [1.165, 1.54) is 0 Å². The van der Waals surface area contributed by atoms with Crippen LogP contribution in [0.2, 0.25) is 0 Å². The lowest BCUT2D eigenvalue weighted by molar-refractivity contribution is -0.143. The molecule has 0 unspecified atom stereocenters. The summed E-state index contributed by atoms with van der Waals surface area (Å²) >= 11 is 3.36. The molecule has 23 heavy (non-hydrogen) atoms. The molecule has 0 saturated heterocycles. The van der Waals surface area contributed by atoms with Gasteiger partial charge in [-0.05, 0) is 37.3 Å². The van der Waals surface area contributed by atoms with Crippen LogP contribution in [-0.2, 0) is 16.1 Å². The first-order valence-electron chi connectivity index (χ1n) is 7.33. The Labute approximate surface area is 143 Å². The van der Waals surface area contributed by atoms with Gasteiger partial charge in [-0.2, -0.15) is 0 Å². The highest BCUT2D eigenvalue weighted by Gasteiger charge is 2.19. The van der Waals surface area contributed by atoms with Gasteiger partial charge in [0.2, 0.25) is 0 Å². The molecule has 2 rings (SSSR count). The number of carbonyl (C=O) groups excluding carboxylic acids is 2. The summed E-state index contributed by atoms with van der Waals surface area (Å²) < 4.78 is 11.1. The number of esters is 1. The Morgan fingerprint density at radius 2 is 2.09 bits per heavy atom. The molecule has 1 aromatic heterocycles. The van der Waals surface area contributed by atoms with Crippen LogP contribution >= 0.6 is 15.9 Å². The van der Waals surface area contributed by atoms with Gasteiger partial charge in [0.1, 0.15) is 5.76 Å². The lowest BCUT2D eigenvalue weighted by atomic mass is 10.2. The SMILES string of the molecule is CCOC(=O)CCN(Cc1ccco1)C(=O)c1cccc(Br)c1. The molecule has 0 bridgehead atoms. The Bertz CT molecular complexity index is 654. The van der Waals surface area contributed by atoms with Gasteiger partial charge in [-0.25, -0.2) is 0 Å². The second kappa shape index (κ2) is 8.53. The molecule has 0 fully saturated rings. The van der Waals surface area contributed by atoms with E-state index >= 15 is 0 Å². The normalized spacial score (nSPS) is 10.3. The van der Waals surface area contributed by atoms with Crippen molar-refractivity contribution in [2.24, 2.45) is 0 Å². The predicted octanol–water partition coefficient (Wildman–Crippen LogP) is 3.64. The van der Waals surface area contributed by atoms with Crippen LogP contribution in [0.4, 0.5) is 0 Å². The molecule has 1 amide bonds. The van der Waals surface area contributed by atoms with Crippen molar-refractivity contribution < 1.29 is 18.7 Å². The molecule has 1 heterocycles. The van der Waals surface area contributed by atoms with E-state index in [1.807, 2.05) is 6.07 Å². The summed E-state index contributed by atoms with van der Waals surface area (Å²) in [6.07, 6.45) is 1.71. The number of amides is 1. The molecule has 0 N–H and O–H groups in total. The second-order valence-electron chi connectivity index (χ2n) is 4.87. The van der Waals surface area contributed by atoms with E-state index in [9.17, 15) is 9.59 Å². The minimum atomic E-state index is -0.320. The standard InChI is InChI=1S/C17H18BrNO4/c1-2-22-16(20)8-9-19(12-15-7-4-10-23-15)17(21)13-5-3-6-14(18)11-13/h3-7,10-11H,2,8-9,12H2,1H3. The smallest absolute Gasteiger partial charge is 0.307 e. The Hall–Kier alpha value is -2.08. The fourth-order valence-electron chi connectivity index (χ4n) is 2.11. The molecular weight excluding hydrogens is 362 g/mol. The van der Waals surface area contributed by atoms with Crippen molar-refractivity contribution in [1.29, 1.82) is 0 Å². The highest BCUT2D eigenvalue weighted by molar-refractivity contribution is 9.10.